The summed E-state index contributed by atoms with van der Waals surface area (Å²) in [6.07, 6.45) is 1.75. The molecule has 2 aromatic carbocycles. The summed E-state index contributed by atoms with van der Waals surface area (Å²) in [5.41, 5.74) is 1.44. The zero-order chi connectivity index (χ0) is 19.1. The fourth-order valence-corrected chi connectivity index (χ4v) is 3.19. The van der Waals surface area contributed by atoms with Crippen molar-refractivity contribution < 1.29 is 9.18 Å². The molecule has 1 N–H and O–H groups in total. The number of fused-ring (bicyclic) bond motifs is 1. The van der Waals surface area contributed by atoms with Gasteiger partial charge in [0, 0.05) is 5.92 Å². The average molecular weight is 386 g/mol. The molecule has 1 heterocycles. The van der Waals surface area contributed by atoms with E-state index >= 15 is 0 Å². The fourth-order valence-electron chi connectivity index (χ4n) is 2.99. The number of anilines is 1. The molecule has 1 amide bonds. The lowest BCUT2D eigenvalue weighted by Crippen LogP contribution is -2.25. The predicted octanol–water partition coefficient (Wildman–Crippen LogP) is 3.89. The molecule has 3 aromatic rings. The molecule has 4 rings (SSSR count). The largest absolute Gasteiger partial charge is 0.325 e. The Kier molecular flexibility index (Phi) is 4.44. The first-order chi connectivity index (χ1) is 12.9. The van der Waals surface area contributed by atoms with Gasteiger partial charge in [-0.25, -0.2) is 9.37 Å². The van der Waals surface area contributed by atoms with Gasteiger partial charge in [0.1, 0.15) is 11.6 Å². The quantitative estimate of drug-likeness (QED) is 0.741. The van der Waals surface area contributed by atoms with Crippen molar-refractivity contribution in [2.24, 2.45) is 5.92 Å². The fraction of sp³-hybridized carbons (Fsp3) is 0.250. The highest BCUT2D eigenvalue weighted by molar-refractivity contribution is 6.34. The number of halogens is 2. The SMILES string of the molecule is Cc1nc2cc(Cl)c(NC(=O)C3CC3)cc2c(=O)n1Cc1ccc(F)cc1. The van der Waals surface area contributed by atoms with Crippen molar-refractivity contribution in [2.75, 3.05) is 5.32 Å². The first-order valence-electron chi connectivity index (χ1n) is 8.68. The van der Waals surface area contributed by atoms with E-state index in [1.54, 1.807) is 31.2 Å². The number of rotatable bonds is 4. The molecule has 0 atom stereocenters. The summed E-state index contributed by atoms with van der Waals surface area (Å²) in [7, 11) is 0. The molecule has 0 aliphatic heterocycles. The smallest absolute Gasteiger partial charge is 0.261 e. The van der Waals surface area contributed by atoms with Gasteiger partial charge < -0.3 is 5.32 Å². The lowest BCUT2D eigenvalue weighted by atomic mass is 10.2. The highest BCUT2D eigenvalue weighted by Gasteiger charge is 2.30. The van der Waals surface area contributed by atoms with Crippen LogP contribution in [0.2, 0.25) is 5.02 Å². The zero-order valence-electron chi connectivity index (χ0n) is 14.6. The standard InChI is InChI=1S/C20H17ClFN3O2/c1-11-23-17-9-16(21)18(24-19(26)13-4-5-13)8-15(17)20(27)25(11)10-12-2-6-14(22)7-3-12/h2-3,6-9,13H,4-5,10H2,1H3,(H,24,26). The van der Waals surface area contributed by atoms with Crippen molar-refractivity contribution in [2.45, 2.75) is 26.3 Å². The zero-order valence-corrected chi connectivity index (χ0v) is 15.4. The van der Waals surface area contributed by atoms with Crippen molar-refractivity contribution in [3.63, 3.8) is 0 Å². The number of hydrogen-bond acceptors (Lipinski definition) is 3. The van der Waals surface area contributed by atoms with Gasteiger partial charge in [-0.1, -0.05) is 23.7 Å². The molecule has 1 aliphatic rings. The van der Waals surface area contributed by atoms with Crippen LogP contribution in [0.5, 0.6) is 0 Å². The van der Waals surface area contributed by atoms with E-state index in [1.165, 1.54) is 16.7 Å². The van der Waals surface area contributed by atoms with Crippen molar-refractivity contribution in [1.82, 2.24) is 9.55 Å². The molecule has 1 aliphatic carbocycles. The summed E-state index contributed by atoms with van der Waals surface area (Å²) in [6, 6.07) is 9.15. The highest BCUT2D eigenvalue weighted by atomic mass is 35.5. The van der Waals surface area contributed by atoms with E-state index < -0.39 is 0 Å². The van der Waals surface area contributed by atoms with Crippen LogP contribution in [0.25, 0.3) is 10.9 Å². The Balaban J connectivity index is 1.76. The summed E-state index contributed by atoms with van der Waals surface area (Å²) < 4.78 is 14.6. The van der Waals surface area contributed by atoms with Crippen molar-refractivity contribution in [1.29, 1.82) is 0 Å². The Morgan fingerprint density at radius 3 is 2.67 bits per heavy atom. The van der Waals surface area contributed by atoms with Crippen molar-refractivity contribution in [3.05, 3.63) is 69.0 Å². The number of amides is 1. The van der Waals surface area contributed by atoms with Crippen LogP contribution >= 0.6 is 11.6 Å². The van der Waals surface area contributed by atoms with Crippen LogP contribution in [-0.4, -0.2) is 15.5 Å². The minimum Gasteiger partial charge on any atom is -0.325 e. The van der Waals surface area contributed by atoms with E-state index in [4.69, 9.17) is 11.6 Å². The van der Waals surface area contributed by atoms with E-state index in [0.717, 1.165) is 18.4 Å². The maximum atomic E-state index is 13.1. The molecule has 1 saturated carbocycles. The van der Waals surface area contributed by atoms with Gasteiger partial charge >= 0.3 is 0 Å². The van der Waals surface area contributed by atoms with Crippen LogP contribution in [0.3, 0.4) is 0 Å². The Morgan fingerprint density at radius 1 is 1.30 bits per heavy atom. The van der Waals surface area contributed by atoms with E-state index in [9.17, 15) is 14.0 Å². The summed E-state index contributed by atoms with van der Waals surface area (Å²) in [6.45, 7) is 2.02. The number of nitrogens with zero attached hydrogens (tertiary/aromatic N) is 2. The molecular weight excluding hydrogens is 369 g/mol. The molecular formula is C20H17ClFN3O2. The molecule has 7 heteroatoms. The Hall–Kier alpha value is -2.73. The Labute approximate surface area is 159 Å². The number of carbonyl (C=O) groups is 1. The Morgan fingerprint density at radius 2 is 2.00 bits per heavy atom. The normalized spacial score (nSPS) is 13.7. The van der Waals surface area contributed by atoms with Gasteiger partial charge in [0.15, 0.2) is 0 Å². The van der Waals surface area contributed by atoms with Crippen LogP contribution < -0.4 is 10.9 Å². The molecule has 0 radical (unpaired) electrons. The van der Waals surface area contributed by atoms with Crippen LogP contribution in [0.15, 0.2) is 41.2 Å². The number of carbonyl (C=O) groups excluding carboxylic acids is 1. The lowest BCUT2D eigenvalue weighted by molar-refractivity contribution is -0.117. The summed E-state index contributed by atoms with van der Waals surface area (Å²) >= 11 is 6.26. The molecule has 1 aromatic heterocycles. The minimum atomic E-state index is -0.329. The van der Waals surface area contributed by atoms with Crippen LogP contribution in [0.4, 0.5) is 10.1 Å². The number of hydrogen-bond donors (Lipinski definition) is 1. The molecule has 0 unspecified atom stereocenters. The van der Waals surface area contributed by atoms with Gasteiger partial charge in [0.25, 0.3) is 5.56 Å². The molecule has 1 fully saturated rings. The predicted molar refractivity (Wildman–Crippen MR) is 103 cm³/mol. The van der Waals surface area contributed by atoms with E-state index in [2.05, 4.69) is 10.3 Å². The molecule has 5 nitrogen and oxygen atoms in total. The molecule has 0 saturated heterocycles. The number of aromatic nitrogens is 2. The second-order valence-electron chi connectivity index (χ2n) is 6.79. The maximum Gasteiger partial charge on any atom is 0.261 e. The third kappa shape index (κ3) is 3.57. The third-order valence-corrected chi connectivity index (χ3v) is 5.01. The second kappa shape index (κ2) is 6.78. The lowest BCUT2D eigenvalue weighted by Gasteiger charge is -2.13. The minimum absolute atomic E-state index is 0.0306. The summed E-state index contributed by atoms with van der Waals surface area (Å²) in [5, 5.41) is 3.51. The Bertz CT molecular complexity index is 1100. The molecule has 0 bridgehead atoms. The number of aryl methyl sites for hydroxylation is 1. The molecule has 138 valence electrons. The van der Waals surface area contributed by atoms with Gasteiger partial charge in [-0.2, -0.15) is 0 Å². The first-order valence-corrected chi connectivity index (χ1v) is 9.06. The van der Waals surface area contributed by atoms with Gasteiger partial charge in [-0.3, -0.25) is 14.2 Å². The molecule has 27 heavy (non-hydrogen) atoms. The third-order valence-electron chi connectivity index (χ3n) is 4.69. The van der Waals surface area contributed by atoms with Crippen LogP contribution in [0, 0.1) is 18.7 Å². The van der Waals surface area contributed by atoms with E-state index in [1.807, 2.05) is 0 Å². The van der Waals surface area contributed by atoms with Crippen molar-refractivity contribution in [3.8, 4) is 0 Å². The van der Waals surface area contributed by atoms with Crippen LogP contribution in [-0.2, 0) is 11.3 Å². The van der Waals surface area contributed by atoms with E-state index in [0.29, 0.717) is 27.4 Å². The summed E-state index contributed by atoms with van der Waals surface area (Å²) in [4.78, 5) is 29.5. The maximum absolute atomic E-state index is 13.1. The highest BCUT2D eigenvalue weighted by Crippen LogP contribution is 2.32. The van der Waals surface area contributed by atoms with Gasteiger partial charge in [-0.15, -0.1) is 0 Å². The van der Waals surface area contributed by atoms with E-state index in [-0.39, 0.29) is 29.7 Å². The topological polar surface area (TPSA) is 64.0 Å². The van der Waals surface area contributed by atoms with Gasteiger partial charge in [0.05, 0.1) is 28.2 Å². The first kappa shape index (κ1) is 17.7. The number of benzene rings is 2. The average Bonchev–Trinajstić information content (AvgIpc) is 3.47. The second-order valence-corrected chi connectivity index (χ2v) is 7.20. The van der Waals surface area contributed by atoms with Gasteiger partial charge in [-0.05, 0) is 49.6 Å². The van der Waals surface area contributed by atoms with Gasteiger partial charge in [0.2, 0.25) is 5.91 Å². The monoisotopic (exact) mass is 385 g/mol. The summed E-state index contributed by atoms with van der Waals surface area (Å²) in [5.74, 6) is 0.152. The van der Waals surface area contributed by atoms with Crippen LogP contribution in [0.1, 0.15) is 24.2 Å². The number of nitrogens with one attached hydrogen (secondary N) is 1. The molecule has 0 spiro atoms. The van der Waals surface area contributed by atoms with Crippen molar-refractivity contribution >= 4 is 34.1 Å².